The summed E-state index contributed by atoms with van der Waals surface area (Å²) in [6.45, 7) is 11.0. The molecule has 0 bridgehead atoms. The van der Waals surface area contributed by atoms with Gasteiger partial charge in [-0.05, 0) is 74.7 Å². The van der Waals surface area contributed by atoms with Gasteiger partial charge in [0.25, 0.3) is 5.91 Å². The summed E-state index contributed by atoms with van der Waals surface area (Å²) >= 11 is 0. The largest absolute Gasteiger partial charge is 0.507 e. The van der Waals surface area contributed by atoms with Gasteiger partial charge in [-0.2, -0.15) is 10.4 Å². The molecule has 2 rings (SSSR count). The summed E-state index contributed by atoms with van der Waals surface area (Å²) in [5, 5.41) is 24.8. The Morgan fingerprint density at radius 2 is 1.88 bits per heavy atom. The Balaban J connectivity index is 2.20. The van der Waals surface area contributed by atoms with Gasteiger partial charge in [-0.15, -0.1) is 0 Å². The third kappa shape index (κ3) is 6.09. The van der Waals surface area contributed by atoms with E-state index >= 15 is 0 Å². The van der Waals surface area contributed by atoms with Gasteiger partial charge in [-0.1, -0.05) is 6.58 Å². The van der Waals surface area contributed by atoms with E-state index in [1.807, 2.05) is 19.2 Å². The third-order valence-electron chi connectivity index (χ3n) is 4.22. The molecule has 2 aromatic carbocycles. The van der Waals surface area contributed by atoms with Crippen LogP contribution in [-0.2, 0) is 9.53 Å². The first-order valence-electron chi connectivity index (χ1n) is 9.66. The maximum absolute atomic E-state index is 11.9. The number of phenolic OH excluding ortho intramolecular Hbond substituents is 1. The molecule has 166 valence electrons. The average molecular weight is 436 g/mol. The van der Waals surface area contributed by atoms with E-state index in [0.29, 0.717) is 28.3 Å². The number of anilines is 1. The fourth-order valence-electron chi connectivity index (χ4n) is 2.78. The average Bonchev–Trinajstić information content (AvgIpc) is 2.72. The number of ether oxygens (including phenoxy) is 2. The number of hydrazone groups is 1. The standard InChI is InChI=1S/C23H24N4O5/c1-6-31-23(30)25-22(29)19(12-24)27-26-16-9-14(4)21(15(5)10-16)32-17-7-8-20(28)18(11-17)13(2)3/h7-11,26,28H,2,6H2,1,3-5H3,(H,25,29,30)/b27-19+. The summed E-state index contributed by atoms with van der Waals surface area (Å²) in [4.78, 5) is 23.3. The van der Waals surface area contributed by atoms with Gasteiger partial charge in [-0.25, -0.2) is 4.79 Å². The molecule has 0 saturated carbocycles. The molecule has 0 unspecified atom stereocenters. The van der Waals surface area contributed by atoms with Gasteiger partial charge in [0.1, 0.15) is 23.3 Å². The number of rotatable bonds is 7. The van der Waals surface area contributed by atoms with Crippen LogP contribution >= 0.6 is 0 Å². The van der Waals surface area contributed by atoms with Crippen LogP contribution in [0.1, 0.15) is 30.5 Å². The molecular formula is C23H24N4O5. The lowest BCUT2D eigenvalue weighted by Gasteiger charge is -2.15. The number of amides is 2. The second-order valence-electron chi connectivity index (χ2n) is 6.86. The van der Waals surface area contributed by atoms with Gasteiger partial charge < -0.3 is 14.6 Å². The fourth-order valence-corrected chi connectivity index (χ4v) is 2.78. The predicted octanol–water partition coefficient (Wildman–Crippen LogP) is 4.40. The van der Waals surface area contributed by atoms with E-state index in [9.17, 15) is 14.7 Å². The van der Waals surface area contributed by atoms with E-state index in [1.54, 1.807) is 50.2 Å². The summed E-state index contributed by atoms with van der Waals surface area (Å²) in [6, 6.07) is 9.97. The molecule has 0 fully saturated rings. The number of nitriles is 1. The topological polar surface area (TPSA) is 133 Å². The molecule has 0 aromatic heterocycles. The number of aromatic hydroxyl groups is 1. The van der Waals surface area contributed by atoms with Crippen molar-refractivity contribution in [3.05, 3.63) is 53.6 Å². The minimum atomic E-state index is -0.979. The molecule has 0 atom stereocenters. The number of phenols is 1. The van der Waals surface area contributed by atoms with Crippen LogP contribution in [0.25, 0.3) is 5.57 Å². The lowest BCUT2D eigenvalue weighted by molar-refractivity contribution is -0.114. The van der Waals surface area contributed by atoms with E-state index in [4.69, 9.17) is 10.00 Å². The molecule has 2 amide bonds. The van der Waals surface area contributed by atoms with Crippen molar-refractivity contribution in [1.29, 1.82) is 5.26 Å². The number of nitrogens with zero attached hydrogens (tertiary/aromatic N) is 2. The molecule has 0 aliphatic carbocycles. The zero-order chi connectivity index (χ0) is 23.8. The van der Waals surface area contributed by atoms with Crippen molar-refractivity contribution < 1.29 is 24.2 Å². The molecule has 2 aromatic rings. The van der Waals surface area contributed by atoms with Gasteiger partial charge >= 0.3 is 6.09 Å². The number of aryl methyl sites for hydroxylation is 2. The van der Waals surface area contributed by atoms with Crippen LogP contribution in [0.5, 0.6) is 17.2 Å². The van der Waals surface area contributed by atoms with Crippen LogP contribution in [0.4, 0.5) is 10.5 Å². The summed E-state index contributed by atoms with van der Waals surface area (Å²) in [5.74, 6) is 0.287. The first-order chi connectivity index (χ1) is 15.2. The quantitative estimate of drug-likeness (QED) is 0.433. The highest BCUT2D eigenvalue weighted by Gasteiger charge is 2.16. The Kier molecular flexibility index (Phi) is 7.96. The molecule has 3 N–H and O–H groups in total. The highest BCUT2D eigenvalue weighted by atomic mass is 16.5. The summed E-state index contributed by atoms with van der Waals surface area (Å²) in [5.41, 5.74) is 5.45. The number of imide groups is 1. The number of hydrogen-bond acceptors (Lipinski definition) is 8. The Bertz CT molecular complexity index is 1110. The van der Waals surface area contributed by atoms with Crippen LogP contribution in [-0.4, -0.2) is 29.4 Å². The molecule has 0 saturated heterocycles. The molecule has 32 heavy (non-hydrogen) atoms. The predicted molar refractivity (Wildman–Crippen MR) is 121 cm³/mol. The zero-order valence-corrected chi connectivity index (χ0v) is 18.3. The highest BCUT2D eigenvalue weighted by molar-refractivity contribution is 6.46. The fraction of sp³-hybridized carbons (Fsp3) is 0.217. The van der Waals surface area contributed by atoms with Gasteiger partial charge in [0, 0.05) is 5.56 Å². The summed E-state index contributed by atoms with van der Waals surface area (Å²) < 4.78 is 10.6. The SMILES string of the molecule is C=C(C)c1cc(Oc2c(C)cc(N/N=C(\C#N)C(=O)NC(=O)OCC)cc2C)ccc1O. The third-order valence-corrected chi connectivity index (χ3v) is 4.22. The first-order valence-corrected chi connectivity index (χ1v) is 9.66. The van der Waals surface area contributed by atoms with Crippen LogP contribution in [0.3, 0.4) is 0 Å². The minimum Gasteiger partial charge on any atom is -0.507 e. The smallest absolute Gasteiger partial charge is 0.414 e. The van der Waals surface area contributed by atoms with Gasteiger partial charge in [0.05, 0.1) is 12.3 Å². The Morgan fingerprint density at radius 3 is 2.44 bits per heavy atom. The van der Waals surface area contributed by atoms with Crippen molar-refractivity contribution in [3.63, 3.8) is 0 Å². The maximum atomic E-state index is 11.9. The molecule has 0 aliphatic rings. The molecule has 0 heterocycles. The monoisotopic (exact) mass is 436 g/mol. The number of allylic oxidation sites excluding steroid dienone is 1. The first kappa shape index (κ1) is 24.0. The minimum absolute atomic E-state index is 0.0853. The van der Waals surface area contributed by atoms with E-state index in [1.165, 1.54) is 0 Å². The van der Waals surface area contributed by atoms with Gasteiger partial charge in [0.2, 0.25) is 5.71 Å². The van der Waals surface area contributed by atoms with Crippen molar-refractivity contribution in [2.75, 3.05) is 12.0 Å². The second-order valence-corrected chi connectivity index (χ2v) is 6.86. The normalized spacial score (nSPS) is 10.7. The number of carbonyl (C=O) groups is 2. The number of benzene rings is 2. The van der Waals surface area contributed by atoms with Crippen molar-refractivity contribution in [3.8, 4) is 23.3 Å². The van der Waals surface area contributed by atoms with Crippen molar-refractivity contribution in [1.82, 2.24) is 5.32 Å². The Hall–Kier alpha value is -4.32. The van der Waals surface area contributed by atoms with Crippen molar-refractivity contribution >= 4 is 29.0 Å². The zero-order valence-electron chi connectivity index (χ0n) is 18.3. The summed E-state index contributed by atoms with van der Waals surface area (Å²) in [7, 11) is 0. The van der Waals surface area contributed by atoms with Crippen LogP contribution in [0, 0.1) is 25.2 Å². The van der Waals surface area contributed by atoms with E-state index in [-0.39, 0.29) is 12.4 Å². The number of hydrogen-bond donors (Lipinski definition) is 3. The number of carbonyl (C=O) groups excluding carboxylic acids is 2. The Labute approximate surface area is 186 Å². The molecular weight excluding hydrogens is 412 g/mol. The van der Waals surface area contributed by atoms with Crippen LogP contribution in [0.2, 0.25) is 0 Å². The second kappa shape index (κ2) is 10.6. The molecule has 9 heteroatoms. The van der Waals surface area contributed by atoms with Gasteiger partial charge in [-0.3, -0.25) is 15.5 Å². The van der Waals surface area contributed by atoms with Crippen LogP contribution in [0.15, 0.2) is 42.0 Å². The van der Waals surface area contributed by atoms with Crippen LogP contribution < -0.4 is 15.5 Å². The van der Waals surface area contributed by atoms with E-state index in [0.717, 1.165) is 11.1 Å². The highest BCUT2D eigenvalue weighted by Crippen LogP contribution is 2.34. The van der Waals surface area contributed by atoms with E-state index in [2.05, 4.69) is 21.8 Å². The van der Waals surface area contributed by atoms with E-state index < -0.39 is 17.7 Å². The molecule has 0 aliphatic heterocycles. The lowest BCUT2D eigenvalue weighted by atomic mass is 10.1. The van der Waals surface area contributed by atoms with Crippen molar-refractivity contribution in [2.24, 2.45) is 5.10 Å². The lowest BCUT2D eigenvalue weighted by Crippen LogP contribution is -2.36. The number of alkyl carbamates (subject to hydrolysis) is 1. The summed E-state index contributed by atoms with van der Waals surface area (Å²) in [6.07, 6.45) is -0.960. The Morgan fingerprint density at radius 1 is 1.22 bits per heavy atom. The molecule has 0 radical (unpaired) electrons. The molecule has 9 nitrogen and oxygen atoms in total. The number of nitrogens with one attached hydrogen (secondary N) is 2. The van der Waals surface area contributed by atoms with Crippen molar-refractivity contribution in [2.45, 2.75) is 27.7 Å². The van der Waals surface area contributed by atoms with Gasteiger partial charge in [0.15, 0.2) is 0 Å². The maximum Gasteiger partial charge on any atom is 0.414 e. The molecule has 0 spiro atoms.